The van der Waals surface area contributed by atoms with Crippen LogP contribution in [0, 0.1) is 0 Å². The Balaban J connectivity index is 1.62. The van der Waals surface area contributed by atoms with Gasteiger partial charge in [0.15, 0.2) is 0 Å². The molecule has 148 valence electrons. The van der Waals surface area contributed by atoms with Crippen molar-refractivity contribution in [2.45, 2.75) is 19.5 Å². The van der Waals surface area contributed by atoms with Crippen LogP contribution in [0.4, 0.5) is 13.2 Å². The first kappa shape index (κ1) is 18.7. The van der Waals surface area contributed by atoms with Crippen LogP contribution in [0.15, 0.2) is 66.1 Å². The Morgan fingerprint density at radius 3 is 2.41 bits per heavy atom. The zero-order valence-electron chi connectivity index (χ0n) is 14.9. The normalized spacial score (nSPS) is 11.7. The van der Waals surface area contributed by atoms with Crippen LogP contribution >= 0.6 is 0 Å². The largest absolute Gasteiger partial charge is 0.573 e. The molecule has 0 bridgehead atoms. The fourth-order valence-electron chi connectivity index (χ4n) is 2.91. The van der Waals surface area contributed by atoms with E-state index in [1.165, 1.54) is 35.3 Å². The maximum absolute atomic E-state index is 12.8. The molecule has 0 aliphatic carbocycles. The van der Waals surface area contributed by atoms with Crippen molar-refractivity contribution in [3.63, 3.8) is 0 Å². The summed E-state index contributed by atoms with van der Waals surface area (Å²) in [5.74, 6) is -0.304. The van der Waals surface area contributed by atoms with Crippen molar-refractivity contribution in [1.29, 1.82) is 0 Å². The van der Waals surface area contributed by atoms with Crippen molar-refractivity contribution in [3.05, 3.63) is 71.7 Å². The van der Waals surface area contributed by atoms with E-state index in [0.29, 0.717) is 35.0 Å². The number of rotatable bonds is 5. The Labute approximate surface area is 162 Å². The summed E-state index contributed by atoms with van der Waals surface area (Å²) in [6, 6.07) is 10.7. The predicted molar refractivity (Wildman–Crippen MR) is 98.1 cm³/mol. The van der Waals surface area contributed by atoms with Crippen LogP contribution < -0.4 is 10.3 Å². The molecule has 0 unspecified atom stereocenters. The number of alkyl halides is 3. The van der Waals surface area contributed by atoms with Gasteiger partial charge in [0.1, 0.15) is 18.4 Å². The summed E-state index contributed by atoms with van der Waals surface area (Å²) in [7, 11) is 0. The fourth-order valence-corrected chi connectivity index (χ4v) is 2.91. The molecule has 0 aliphatic rings. The third-order valence-electron chi connectivity index (χ3n) is 4.28. The summed E-state index contributed by atoms with van der Waals surface area (Å²) in [5, 5.41) is 9.30. The van der Waals surface area contributed by atoms with Gasteiger partial charge in [-0.05, 0) is 29.3 Å². The third kappa shape index (κ3) is 4.26. The van der Waals surface area contributed by atoms with Gasteiger partial charge in [0.2, 0.25) is 0 Å². The smallest absolute Gasteiger partial charge is 0.406 e. The van der Waals surface area contributed by atoms with Crippen molar-refractivity contribution in [2.24, 2.45) is 0 Å². The zero-order valence-corrected chi connectivity index (χ0v) is 14.9. The maximum Gasteiger partial charge on any atom is 0.573 e. The molecule has 0 aliphatic heterocycles. The van der Waals surface area contributed by atoms with Crippen LogP contribution in [-0.4, -0.2) is 30.9 Å². The molecule has 0 saturated heterocycles. The first-order valence-electron chi connectivity index (χ1n) is 8.57. The van der Waals surface area contributed by atoms with Crippen molar-refractivity contribution in [2.75, 3.05) is 0 Å². The molecule has 2 aromatic carbocycles. The number of aromatic nitrogens is 5. The monoisotopic (exact) mass is 401 g/mol. The lowest BCUT2D eigenvalue weighted by atomic mass is 10.0. The number of benzene rings is 2. The summed E-state index contributed by atoms with van der Waals surface area (Å²) < 4.78 is 43.7. The minimum Gasteiger partial charge on any atom is -0.406 e. The lowest BCUT2D eigenvalue weighted by Gasteiger charge is -2.10. The maximum atomic E-state index is 12.8. The van der Waals surface area contributed by atoms with E-state index >= 15 is 0 Å². The minimum atomic E-state index is -4.74. The third-order valence-corrected chi connectivity index (χ3v) is 4.28. The first-order valence-corrected chi connectivity index (χ1v) is 8.57. The molecule has 0 saturated carbocycles. The van der Waals surface area contributed by atoms with E-state index in [1.54, 1.807) is 35.4 Å². The van der Waals surface area contributed by atoms with Gasteiger partial charge in [-0.25, -0.2) is 9.67 Å². The Bertz CT molecular complexity index is 1190. The lowest BCUT2D eigenvalue weighted by molar-refractivity contribution is -0.274. The second kappa shape index (κ2) is 7.38. The molecular weight excluding hydrogens is 387 g/mol. The second-order valence-electron chi connectivity index (χ2n) is 6.21. The molecule has 10 heteroatoms. The van der Waals surface area contributed by atoms with Crippen molar-refractivity contribution < 1.29 is 17.9 Å². The Hall–Kier alpha value is -3.69. The molecule has 7 nitrogen and oxygen atoms in total. The Morgan fingerprint density at radius 1 is 0.966 bits per heavy atom. The van der Waals surface area contributed by atoms with Crippen molar-refractivity contribution in [1.82, 2.24) is 24.5 Å². The summed E-state index contributed by atoms with van der Waals surface area (Å²) in [5.41, 5.74) is 1.09. The highest BCUT2D eigenvalue weighted by Gasteiger charge is 2.30. The van der Waals surface area contributed by atoms with Crippen LogP contribution in [-0.2, 0) is 13.1 Å². The van der Waals surface area contributed by atoms with E-state index in [-0.39, 0.29) is 11.3 Å². The molecular formula is C19H14F3N5O2. The van der Waals surface area contributed by atoms with Gasteiger partial charge >= 0.3 is 6.36 Å². The number of hydrogen-bond acceptors (Lipinski definition) is 5. The van der Waals surface area contributed by atoms with E-state index in [1.807, 2.05) is 0 Å². The second-order valence-corrected chi connectivity index (χ2v) is 6.21. The lowest BCUT2D eigenvalue weighted by Crippen LogP contribution is -2.25. The molecule has 29 heavy (non-hydrogen) atoms. The molecule has 4 rings (SSSR count). The summed E-state index contributed by atoms with van der Waals surface area (Å²) in [6.07, 6.45) is -0.179. The van der Waals surface area contributed by atoms with Gasteiger partial charge in [0.05, 0.1) is 24.7 Å². The van der Waals surface area contributed by atoms with Gasteiger partial charge in [0, 0.05) is 5.39 Å². The van der Waals surface area contributed by atoms with Crippen LogP contribution in [0.2, 0.25) is 0 Å². The van der Waals surface area contributed by atoms with Crippen molar-refractivity contribution in [3.8, 4) is 16.9 Å². The van der Waals surface area contributed by atoms with Gasteiger partial charge in [-0.1, -0.05) is 24.3 Å². The minimum absolute atomic E-state index is 0.263. The molecule has 0 N–H and O–H groups in total. The quantitative estimate of drug-likeness (QED) is 0.513. The molecule has 2 heterocycles. The van der Waals surface area contributed by atoms with Gasteiger partial charge in [-0.15, -0.1) is 13.2 Å². The molecule has 0 atom stereocenters. The highest BCUT2D eigenvalue weighted by molar-refractivity contribution is 5.86. The summed E-state index contributed by atoms with van der Waals surface area (Å²) >= 11 is 0. The van der Waals surface area contributed by atoms with E-state index in [4.69, 9.17) is 0 Å². The molecule has 0 spiro atoms. The van der Waals surface area contributed by atoms with Gasteiger partial charge in [0.25, 0.3) is 5.56 Å². The Kier molecular flexibility index (Phi) is 4.75. The number of halogens is 3. The highest BCUT2D eigenvalue weighted by Crippen LogP contribution is 2.27. The number of hydrogen-bond donors (Lipinski definition) is 0. The van der Waals surface area contributed by atoms with Crippen LogP contribution in [0.3, 0.4) is 0 Å². The Morgan fingerprint density at radius 2 is 1.72 bits per heavy atom. The van der Waals surface area contributed by atoms with Gasteiger partial charge in [-0.3, -0.25) is 9.48 Å². The molecule has 0 fully saturated rings. The molecule has 0 radical (unpaired) electrons. The first-order chi connectivity index (χ1) is 13.9. The predicted octanol–water partition coefficient (Wildman–Crippen LogP) is 3.25. The number of nitrogens with zero attached hydrogens (tertiary/aromatic N) is 5. The number of ether oxygens (including phenoxy) is 1. The SMILES string of the molecule is O=c1c2cc(-c3ccc(OC(F)(F)F)cc3)ccc2cnn1CCn1cncn1. The topological polar surface area (TPSA) is 74.8 Å². The van der Waals surface area contributed by atoms with Gasteiger partial charge < -0.3 is 4.74 Å². The molecule has 0 amide bonds. The average molecular weight is 401 g/mol. The van der Waals surface area contributed by atoms with Crippen LogP contribution in [0.5, 0.6) is 5.75 Å². The number of fused-ring (bicyclic) bond motifs is 1. The van der Waals surface area contributed by atoms with Gasteiger partial charge in [-0.2, -0.15) is 10.2 Å². The zero-order chi connectivity index (χ0) is 20.4. The van der Waals surface area contributed by atoms with E-state index in [2.05, 4.69) is 19.9 Å². The fraction of sp³-hybridized carbons (Fsp3) is 0.158. The molecule has 2 aromatic heterocycles. The standard InChI is InChI=1S/C19H14F3N5O2/c20-19(21,22)29-16-5-3-13(4-6-16)14-1-2-15-10-24-27(18(28)17(15)9-14)8-7-26-12-23-11-25-26/h1-6,9-12H,7-8H2. The molecule has 4 aromatic rings. The van der Waals surface area contributed by atoms with E-state index in [9.17, 15) is 18.0 Å². The van der Waals surface area contributed by atoms with Crippen molar-refractivity contribution >= 4 is 10.8 Å². The summed E-state index contributed by atoms with van der Waals surface area (Å²) in [4.78, 5) is 16.6. The summed E-state index contributed by atoms with van der Waals surface area (Å²) in [6.45, 7) is 0.768. The highest BCUT2D eigenvalue weighted by atomic mass is 19.4. The van der Waals surface area contributed by atoms with Crippen LogP contribution in [0.1, 0.15) is 0 Å². The van der Waals surface area contributed by atoms with E-state index < -0.39 is 6.36 Å². The number of aryl methyl sites for hydroxylation is 2. The van der Waals surface area contributed by atoms with Crippen LogP contribution in [0.25, 0.3) is 21.9 Å². The van der Waals surface area contributed by atoms with E-state index in [0.717, 1.165) is 0 Å². The average Bonchev–Trinajstić information content (AvgIpc) is 3.20.